The van der Waals surface area contributed by atoms with E-state index in [0.717, 1.165) is 6.42 Å². The maximum Gasteiger partial charge on any atom is 0.255 e. The topological polar surface area (TPSA) is 75.6 Å². The van der Waals surface area contributed by atoms with E-state index < -0.39 is 12.4 Å². The highest BCUT2D eigenvalue weighted by Gasteiger charge is 2.13. The molecular formula is C25H25NO4. The number of para-hydroxylation sites is 1. The Labute approximate surface area is 176 Å². The number of Topliss-reactive ketones (excluding diaryl/α,β-unsaturated/α-hetero) is 1. The van der Waals surface area contributed by atoms with E-state index in [1.54, 1.807) is 48.5 Å². The molecule has 0 heterocycles. The summed E-state index contributed by atoms with van der Waals surface area (Å²) in [5.41, 5.74) is 2.39. The second-order valence-electron chi connectivity index (χ2n) is 7.05. The van der Waals surface area contributed by atoms with Crippen molar-refractivity contribution in [1.29, 1.82) is 0 Å². The van der Waals surface area contributed by atoms with Gasteiger partial charge in [0.2, 0.25) is 0 Å². The van der Waals surface area contributed by atoms with Gasteiger partial charge in [0.25, 0.3) is 5.91 Å². The minimum Gasteiger partial charge on any atom is -0.494 e. The molecule has 1 unspecified atom stereocenters. The van der Waals surface area contributed by atoms with Crippen LogP contribution in [0.15, 0.2) is 78.9 Å². The summed E-state index contributed by atoms with van der Waals surface area (Å²) >= 11 is 0. The first-order chi connectivity index (χ1) is 14.6. The molecular weight excluding hydrogens is 378 g/mol. The molecule has 1 amide bonds. The van der Waals surface area contributed by atoms with Gasteiger partial charge in [-0.05, 0) is 54.3 Å². The highest BCUT2D eigenvalue weighted by atomic mass is 16.5. The Morgan fingerprint density at radius 3 is 2.30 bits per heavy atom. The monoisotopic (exact) mass is 403 g/mol. The fourth-order valence-electron chi connectivity index (χ4n) is 3.12. The Morgan fingerprint density at radius 1 is 0.933 bits per heavy atom. The standard InChI is InChI=1S/C25H25NO4/c1-18(19-7-3-2-4-8-19)15-16-30-21-13-11-20(12-14-21)25(29)26-23-10-6-5-9-22(23)24(28)17-27/h2-14,18,27H,15-17H2,1H3,(H,26,29). The second kappa shape index (κ2) is 10.4. The number of carbonyl (C=O) groups is 2. The van der Waals surface area contributed by atoms with Crippen LogP contribution in [0.5, 0.6) is 5.75 Å². The SMILES string of the molecule is CC(CCOc1ccc(C(=O)Nc2ccccc2C(=O)CO)cc1)c1ccccc1. The van der Waals surface area contributed by atoms with Gasteiger partial charge in [-0.2, -0.15) is 0 Å². The lowest BCUT2D eigenvalue weighted by Crippen LogP contribution is -2.16. The maximum atomic E-state index is 12.5. The molecule has 0 saturated carbocycles. The fraction of sp³-hybridized carbons (Fsp3) is 0.200. The highest BCUT2D eigenvalue weighted by Crippen LogP contribution is 2.21. The van der Waals surface area contributed by atoms with Crippen LogP contribution in [0, 0.1) is 0 Å². The van der Waals surface area contributed by atoms with Crippen LogP contribution in [-0.4, -0.2) is 30.0 Å². The van der Waals surface area contributed by atoms with Crippen LogP contribution < -0.4 is 10.1 Å². The Balaban J connectivity index is 1.55. The number of hydrogen-bond donors (Lipinski definition) is 2. The molecule has 0 aliphatic carbocycles. The van der Waals surface area contributed by atoms with Gasteiger partial charge in [-0.25, -0.2) is 0 Å². The Hall–Kier alpha value is -3.44. The van der Waals surface area contributed by atoms with Gasteiger partial charge in [0, 0.05) is 11.1 Å². The molecule has 3 aromatic rings. The number of ketones is 1. The first-order valence-corrected chi connectivity index (χ1v) is 9.90. The zero-order valence-corrected chi connectivity index (χ0v) is 16.9. The van der Waals surface area contributed by atoms with Crippen LogP contribution in [0.4, 0.5) is 5.69 Å². The summed E-state index contributed by atoms with van der Waals surface area (Å²) in [7, 11) is 0. The van der Waals surface area contributed by atoms with Gasteiger partial charge in [-0.3, -0.25) is 9.59 Å². The van der Waals surface area contributed by atoms with Crippen molar-refractivity contribution in [3.8, 4) is 5.75 Å². The third kappa shape index (κ3) is 5.55. The maximum absolute atomic E-state index is 12.5. The van der Waals surface area contributed by atoms with Gasteiger partial charge in [0.15, 0.2) is 5.78 Å². The van der Waals surface area contributed by atoms with Crippen LogP contribution in [0.1, 0.15) is 45.5 Å². The van der Waals surface area contributed by atoms with E-state index >= 15 is 0 Å². The number of anilines is 1. The van der Waals surface area contributed by atoms with E-state index in [1.807, 2.05) is 18.2 Å². The molecule has 0 bridgehead atoms. The van der Waals surface area contributed by atoms with Gasteiger partial charge in [0.05, 0.1) is 12.3 Å². The Kier molecular flexibility index (Phi) is 7.35. The molecule has 3 aromatic carbocycles. The molecule has 3 rings (SSSR count). The van der Waals surface area contributed by atoms with Gasteiger partial charge < -0.3 is 15.2 Å². The predicted octanol–water partition coefficient (Wildman–Crippen LogP) is 4.69. The summed E-state index contributed by atoms with van der Waals surface area (Å²) < 4.78 is 5.81. The molecule has 0 aliphatic rings. The minimum atomic E-state index is -0.609. The van der Waals surface area contributed by atoms with Crippen molar-refractivity contribution in [3.05, 3.63) is 95.6 Å². The number of ether oxygens (including phenoxy) is 1. The van der Waals surface area contributed by atoms with Crippen molar-refractivity contribution in [2.75, 3.05) is 18.5 Å². The summed E-state index contributed by atoms with van der Waals surface area (Å²) in [6.45, 7) is 2.14. The van der Waals surface area contributed by atoms with Crippen molar-refractivity contribution in [2.24, 2.45) is 0 Å². The number of aliphatic hydroxyl groups is 1. The smallest absolute Gasteiger partial charge is 0.255 e. The average Bonchev–Trinajstić information content (AvgIpc) is 2.80. The van der Waals surface area contributed by atoms with Crippen LogP contribution >= 0.6 is 0 Å². The molecule has 0 aromatic heterocycles. The van der Waals surface area contributed by atoms with Crippen molar-refractivity contribution in [1.82, 2.24) is 0 Å². The van der Waals surface area contributed by atoms with Crippen LogP contribution in [0.2, 0.25) is 0 Å². The number of carbonyl (C=O) groups excluding carboxylic acids is 2. The minimum absolute atomic E-state index is 0.279. The third-order valence-corrected chi connectivity index (χ3v) is 4.92. The number of nitrogens with one attached hydrogen (secondary N) is 1. The molecule has 5 nitrogen and oxygen atoms in total. The molecule has 0 spiro atoms. The molecule has 0 fully saturated rings. The number of rotatable bonds is 9. The average molecular weight is 403 g/mol. The molecule has 30 heavy (non-hydrogen) atoms. The number of hydrogen-bond acceptors (Lipinski definition) is 4. The molecule has 0 saturated heterocycles. The Bertz CT molecular complexity index is 984. The van der Waals surface area contributed by atoms with Crippen molar-refractivity contribution >= 4 is 17.4 Å². The fourth-order valence-corrected chi connectivity index (χ4v) is 3.12. The first kappa shape index (κ1) is 21.3. The van der Waals surface area contributed by atoms with Crippen LogP contribution in [-0.2, 0) is 0 Å². The van der Waals surface area contributed by atoms with E-state index in [2.05, 4.69) is 24.4 Å². The summed E-state index contributed by atoms with van der Waals surface area (Å²) in [5.74, 6) is 0.317. The lowest BCUT2D eigenvalue weighted by atomic mass is 9.98. The largest absolute Gasteiger partial charge is 0.494 e. The Morgan fingerprint density at radius 2 is 1.60 bits per heavy atom. The van der Waals surface area contributed by atoms with Crippen molar-refractivity contribution < 1.29 is 19.4 Å². The zero-order valence-electron chi connectivity index (χ0n) is 16.9. The van der Waals surface area contributed by atoms with Crippen molar-refractivity contribution in [3.63, 3.8) is 0 Å². The van der Waals surface area contributed by atoms with Gasteiger partial charge >= 0.3 is 0 Å². The first-order valence-electron chi connectivity index (χ1n) is 9.90. The molecule has 1 atom stereocenters. The molecule has 2 N–H and O–H groups in total. The third-order valence-electron chi connectivity index (χ3n) is 4.92. The van der Waals surface area contributed by atoms with Crippen LogP contribution in [0.25, 0.3) is 0 Å². The summed E-state index contributed by atoms with van der Waals surface area (Å²) in [4.78, 5) is 24.3. The van der Waals surface area contributed by atoms with Crippen LogP contribution in [0.3, 0.4) is 0 Å². The van der Waals surface area contributed by atoms with Crippen molar-refractivity contribution in [2.45, 2.75) is 19.3 Å². The van der Waals surface area contributed by atoms with Gasteiger partial charge in [-0.1, -0.05) is 49.4 Å². The number of aliphatic hydroxyl groups excluding tert-OH is 1. The normalized spacial score (nSPS) is 11.5. The lowest BCUT2D eigenvalue weighted by Gasteiger charge is -2.13. The summed E-state index contributed by atoms with van der Waals surface area (Å²) in [6.07, 6.45) is 0.891. The van der Waals surface area contributed by atoms with Gasteiger partial charge in [0.1, 0.15) is 12.4 Å². The van der Waals surface area contributed by atoms with E-state index in [1.165, 1.54) is 5.56 Å². The molecule has 5 heteroatoms. The predicted molar refractivity (Wildman–Crippen MR) is 117 cm³/mol. The van der Waals surface area contributed by atoms with Gasteiger partial charge in [-0.15, -0.1) is 0 Å². The summed E-state index contributed by atoms with van der Waals surface area (Å²) in [6, 6.07) is 23.8. The van der Waals surface area contributed by atoms with E-state index in [0.29, 0.717) is 29.5 Å². The van der Waals surface area contributed by atoms with E-state index in [-0.39, 0.29) is 11.5 Å². The summed E-state index contributed by atoms with van der Waals surface area (Å²) in [5, 5.41) is 11.8. The highest BCUT2D eigenvalue weighted by molar-refractivity contribution is 6.09. The number of amides is 1. The second-order valence-corrected chi connectivity index (χ2v) is 7.05. The quantitative estimate of drug-likeness (QED) is 0.509. The zero-order chi connectivity index (χ0) is 21.3. The lowest BCUT2D eigenvalue weighted by molar-refractivity contribution is 0.0904. The van der Waals surface area contributed by atoms with E-state index in [4.69, 9.17) is 9.84 Å². The number of benzene rings is 3. The molecule has 0 radical (unpaired) electrons. The van der Waals surface area contributed by atoms with E-state index in [9.17, 15) is 9.59 Å². The molecule has 0 aliphatic heterocycles. The molecule has 154 valence electrons.